The van der Waals surface area contributed by atoms with E-state index in [4.69, 9.17) is 20.5 Å². The van der Waals surface area contributed by atoms with Crippen LogP contribution in [0, 0.1) is 34.0 Å². The van der Waals surface area contributed by atoms with Gasteiger partial charge in [-0.15, -0.1) is 0 Å². The van der Waals surface area contributed by atoms with Crippen LogP contribution in [0.25, 0.3) is 6.08 Å². The summed E-state index contributed by atoms with van der Waals surface area (Å²) in [6.45, 7) is -0.00315. The third-order valence-electron chi connectivity index (χ3n) is 1.74. The van der Waals surface area contributed by atoms with Crippen LogP contribution in [-0.4, -0.2) is 6.61 Å². The van der Waals surface area contributed by atoms with Gasteiger partial charge in [-0.25, -0.2) is 0 Å². The summed E-state index contributed by atoms with van der Waals surface area (Å²) in [5.74, 6) is 0.578. The number of nitriles is 3. The molecule has 0 fully saturated rings. The summed E-state index contributed by atoms with van der Waals surface area (Å²) in [5, 5.41) is 25.4. The number of nitrogens with zero attached hydrogens (tertiary/aromatic N) is 3. The third kappa shape index (κ3) is 3.18. The fraction of sp³-hybridized carbons (Fsp3) is 0.0833. The number of benzene rings is 1. The molecule has 0 heterocycles. The second-order valence-electron chi connectivity index (χ2n) is 2.80. The lowest BCUT2D eigenvalue weighted by Crippen LogP contribution is -1.92. The first kappa shape index (κ1) is 11.3. The molecule has 1 aromatic carbocycles. The van der Waals surface area contributed by atoms with Crippen molar-refractivity contribution in [2.75, 3.05) is 6.61 Å². The van der Waals surface area contributed by atoms with E-state index in [0.29, 0.717) is 5.75 Å². The van der Waals surface area contributed by atoms with Gasteiger partial charge in [0.25, 0.3) is 0 Å². The second-order valence-corrected chi connectivity index (χ2v) is 2.80. The normalized spacial score (nSPS) is 8.06. The van der Waals surface area contributed by atoms with Gasteiger partial charge in [0.15, 0.2) is 6.61 Å². The van der Waals surface area contributed by atoms with E-state index in [-0.39, 0.29) is 12.2 Å². The van der Waals surface area contributed by atoms with E-state index in [0.717, 1.165) is 5.56 Å². The molecule has 16 heavy (non-hydrogen) atoms. The van der Waals surface area contributed by atoms with E-state index in [1.165, 1.54) is 6.08 Å². The predicted molar refractivity (Wildman–Crippen MR) is 56.8 cm³/mol. The zero-order valence-corrected chi connectivity index (χ0v) is 8.34. The van der Waals surface area contributed by atoms with Gasteiger partial charge < -0.3 is 4.74 Å². The summed E-state index contributed by atoms with van der Waals surface area (Å²) in [7, 11) is 0. The Morgan fingerprint density at radius 1 is 1.12 bits per heavy atom. The molecular formula is C12H7N3O. The van der Waals surface area contributed by atoms with Gasteiger partial charge in [0.2, 0.25) is 0 Å². The minimum atomic E-state index is -0.00315. The summed E-state index contributed by atoms with van der Waals surface area (Å²) in [4.78, 5) is 0. The Labute approximate surface area is 93.2 Å². The maximum absolute atomic E-state index is 8.56. The van der Waals surface area contributed by atoms with Crippen molar-refractivity contribution in [2.45, 2.75) is 0 Å². The zero-order chi connectivity index (χ0) is 11.8. The summed E-state index contributed by atoms with van der Waals surface area (Å²) >= 11 is 0. The largest absolute Gasteiger partial charge is 0.479 e. The molecule has 4 nitrogen and oxygen atoms in total. The van der Waals surface area contributed by atoms with Gasteiger partial charge in [0.1, 0.15) is 29.5 Å². The van der Waals surface area contributed by atoms with Crippen LogP contribution in [0.15, 0.2) is 29.8 Å². The molecular weight excluding hydrogens is 202 g/mol. The quantitative estimate of drug-likeness (QED) is 0.713. The highest BCUT2D eigenvalue weighted by Gasteiger charge is 1.95. The van der Waals surface area contributed by atoms with Crippen LogP contribution in [0.5, 0.6) is 5.75 Å². The highest BCUT2D eigenvalue weighted by Crippen LogP contribution is 2.14. The molecule has 1 rings (SSSR count). The van der Waals surface area contributed by atoms with Crippen LogP contribution < -0.4 is 4.74 Å². The number of allylic oxidation sites excluding steroid dienone is 1. The molecule has 0 saturated carbocycles. The first-order valence-corrected chi connectivity index (χ1v) is 4.42. The number of hydrogen-bond acceptors (Lipinski definition) is 4. The molecule has 0 aliphatic carbocycles. The molecule has 0 atom stereocenters. The fourth-order valence-corrected chi connectivity index (χ4v) is 1.03. The van der Waals surface area contributed by atoms with E-state index in [1.807, 2.05) is 6.07 Å². The van der Waals surface area contributed by atoms with Crippen LogP contribution in [0.1, 0.15) is 5.56 Å². The topological polar surface area (TPSA) is 80.6 Å². The first-order valence-electron chi connectivity index (χ1n) is 4.42. The average Bonchev–Trinajstić information content (AvgIpc) is 2.35. The molecule has 0 aliphatic rings. The number of hydrogen-bond donors (Lipinski definition) is 0. The molecule has 0 aliphatic heterocycles. The lowest BCUT2D eigenvalue weighted by atomic mass is 10.1. The van der Waals surface area contributed by atoms with E-state index in [1.54, 1.807) is 36.4 Å². The Kier molecular flexibility index (Phi) is 4.14. The smallest absolute Gasteiger partial charge is 0.174 e. The van der Waals surface area contributed by atoms with Crippen molar-refractivity contribution in [2.24, 2.45) is 0 Å². The third-order valence-corrected chi connectivity index (χ3v) is 1.74. The molecule has 0 saturated heterocycles. The standard InChI is InChI=1S/C12H7N3O/c13-5-6-16-12-3-1-10(2-4-12)7-11(8-14)9-15/h1-4,7H,6H2. The lowest BCUT2D eigenvalue weighted by molar-refractivity contribution is 0.368. The van der Waals surface area contributed by atoms with E-state index in [2.05, 4.69) is 0 Å². The van der Waals surface area contributed by atoms with Gasteiger partial charge in [-0.2, -0.15) is 15.8 Å². The van der Waals surface area contributed by atoms with Gasteiger partial charge in [-0.05, 0) is 23.8 Å². The number of ether oxygens (including phenoxy) is 1. The molecule has 0 unspecified atom stereocenters. The highest BCUT2D eigenvalue weighted by atomic mass is 16.5. The van der Waals surface area contributed by atoms with Gasteiger partial charge in [-0.3, -0.25) is 0 Å². The molecule has 0 N–H and O–H groups in total. The second kappa shape index (κ2) is 5.86. The minimum absolute atomic E-state index is 0.00315. The Morgan fingerprint density at radius 3 is 2.25 bits per heavy atom. The van der Waals surface area contributed by atoms with Crippen molar-refractivity contribution in [1.82, 2.24) is 0 Å². The molecule has 0 amide bonds. The Bertz CT molecular complexity index is 493. The molecule has 4 heteroatoms. The molecule has 0 bridgehead atoms. The fourth-order valence-electron chi connectivity index (χ4n) is 1.03. The molecule has 76 valence electrons. The molecule has 0 radical (unpaired) electrons. The number of rotatable bonds is 3. The van der Waals surface area contributed by atoms with Crippen LogP contribution >= 0.6 is 0 Å². The van der Waals surface area contributed by atoms with Crippen LogP contribution in [0.4, 0.5) is 0 Å². The van der Waals surface area contributed by atoms with Gasteiger partial charge >= 0.3 is 0 Å². The van der Waals surface area contributed by atoms with E-state index >= 15 is 0 Å². The van der Waals surface area contributed by atoms with Crippen LogP contribution in [-0.2, 0) is 0 Å². The SMILES string of the molecule is N#CCOc1ccc(C=C(C#N)C#N)cc1. The first-order chi connectivity index (χ1) is 7.80. The van der Waals surface area contributed by atoms with Crippen molar-refractivity contribution < 1.29 is 4.74 Å². The van der Waals surface area contributed by atoms with Crippen molar-refractivity contribution >= 4 is 6.08 Å². The van der Waals surface area contributed by atoms with Crippen molar-refractivity contribution in [1.29, 1.82) is 15.8 Å². The minimum Gasteiger partial charge on any atom is -0.479 e. The average molecular weight is 209 g/mol. The van der Waals surface area contributed by atoms with Crippen LogP contribution in [0.3, 0.4) is 0 Å². The molecule has 1 aromatic rings. The maximum Gasteiger partial charge on any atom is 0.174 e. The van der Waals surface area contributed by atoms with Gasteiger partial charge in [-0.1, -0.05) is 12.1 Å². The summed E-state index contributed by atoms with van der Waals surface area (Å²) in [6.07, 6.45) is 1.48. The van der Waals surface area contributed by atoms with Crippen molar-refractivity contribution in [3.05, 3.63) is 35.4 Å². The summed E-state index contributed by atoms with van der Waals surface area (Å²) in [5.41, 5.74) is 0.785. The van der Waals surface area contributed by atoms with Crippen molar-refractivity contribution in [3.8, 4) is 24.0 Å². The summed E-state index contributed by atoms with van der Waals surface area (Å²) in [6, 6.07) is 12.2. The van der Waals surface area contributed by atoms with Gasteiger partial charge in [0.05, 0.1) is 0 Å². The van der Waals surface area contributed by atoms with Crippen LogP contribution in [0.2, 0.25) is 0 Å². The Morgan fingerprint density at radius 2 is 1.75 bits per heavy atom. The molecule has 0 spiro atoms. The maximum atomic E-state index is 8.56. The monoisotopic (exact) mass is 209 g/mol. The Balaban J connectivity index is 2.81. The highest BCUT2D eigenvalue weighted by molar-refractivity contribution is 5.62. The lowest BCUT2D eigenvalue weighted by Gasteiger charge is -2.00. The van der Waals surface area contributed by atoms with Gasteiger partial charge in [0, 0.05) is 0 Å². The van der Waals surface area contributed by atoms with Crippen molar-refractivity contribution in [3.63, 3.8) is 0 Å². The van der Waals surface area contributed by atoms with E-state index < -0.39 is 0 Å². The zero-order valence-electron chi connectivity index (χ0n) is 8.34. The Hall–Kier alpha value is -2.77. The summed E-state index contributed by atoms with van der Waals surface area (Å²) < 4.78 is 5.06. The molecule has 0 aromatic heterocycles. The van der Waals surface area contributed by atoms with E-state index in [9.17, 15) is 0 Å². The predicted octanol–water partition coefficient (Wildman–Crippen LogP) is 2.02.